The number of anilines is 1. The lowest BCUT2D eigenvalue weighted by Gasteiger charge is -2.39. The van der Waals surface area contributed by atoms with E-state index in [1.54, 1.807) is 24.5 Å². The number of Topliss-reactive ketones (excluding diaryl/α,β-unsaturated/α-hetero) is 1. The first kappa shape index (κ1) is 18.4. The van der Waals surface area contributed by atoms with Gasteiger partial charge in [0.05, 0.1) is 11.3 Å². The Morgan fingerprint density at radius 2 is 1.82 bits per heavy atom. The molecular formula is C21H17F3N2O2. The highest BCUT2D eigenvalue weighted by molar-refractivity contribution is 6.07. The summed E-state index contributed by atoms with van der Waals surface area (Å²) in [6, 6.07) is 8.52. The number of pyridine rings is 1. The van der Waals surface area contributed by atoms with Crippen LogP contribution in [0.1, 0.15) is 42.7 Å². The van der Waals surface area contributed by atoms with E-state index in [2.05, 4.69) is 4.98 Å². The summed E-state index contributed by atoms with van der Waals surface area (Å²) in [5.41, 5.74) is 0.455. The molecule has 2 aromatic rings. The standard InChI is InChI=1S/C21H17F3N2O2/c22-21(23,24)15-6-1-2-7-16(15)26-17-8-3-9-18(27)20(17)14(11-19(26)28)13-5-4-10-25-12-13/h1-2,4-7,10,12,14H,3,8-9,11H2/t14-/m1/s1. The maximum atomic E-state index is 13.5. The van der Waals surface area contributed by atoms with Crippen molar-refractivity contribution in [2.75, 3.05) is 4.90 Å². The third-order valence-corrected chi connectivity index (χ3v) is 5.21. The Labute approximate surface area is 159 Å². The number of allylic oxidation sites excluding steroid dienone is 2. The summed E-state index contributed by atoms with van der Waals surface area (Å²) in [4.78, 5) is 30.9. The van der Waals surface area contributed by atoms with Gasteiger partial charge >= 0.3 is 6.18 Å². The molecule has 4 rings (SSSR count). The van der Waals surface area contributed by atoms with Crippen molar-refractivity contribution in [1.29, 1.82) is 0 Å². The molecule has 2 aliphatic rings. The second-order valence-electron chi connectivity index (χ2n) is 6.92. The first-order valence-electron chi connectivity index (χ1n) is 9.03. The van der Waals surface area contributed by atoms with Gasteiger partial charge in [0.1, 0.15) is 0 Å². The topological polar surface area (TPSA) is 50.3 Å². The Bertz CT molecular complexity index is 967. The number of halogens is 3. The van der Waals surface area contributed by atoms with Crippen molar-refractivity contribution in [3.05, 3.63) is 71.2 Å². The zero-order valence-electron chi connectivity index (χ0n) is 14.9. The van der Waals surface area contributed by atoms with Crippen molar-refractivity contribution >= 4 is 17.4 Å². The minimum atomic E-state index is -4.60. The third kappa shape index (κ3) is 3.10. The van der Waals surface area contributed by atoms with Crippen LogP contribution < -0.4 is 4.90 Å². The molecule has 0 radical (unpaired) electrons. The van der Waals surface area contributed by atoms with E-state index in [-0.39, 0.29) is 17.9 Å². The number of rotatable bonds is 2. The summed E-state index contributed by atoms with van der Waals surface area (Å²) < 4.78 is 40.6. The fourth-order valence-corrected chi connectivity index (χ4v) is 4.05. The van der Waals surface area contributed by atoms with Crippen LogP contribution in [0.15, 0.2) is 60.1 Å². The van der Waals surface area contributed by atoms with E-state index in [0.717, 1.165) is 16.5 Å². The molecule has 2 heterocycles. The molecule has 0 saturated heterocycles. The maximum absolute atomic E-state index is 13.5. The summed E-state index contributed by atoms with van der Waals surface area (Å²) in [5, 5.41) is 0. The average Bonchev–Trinajstić information content (AvgIpc) is 2.67. The van der Waals surface area contributed by atoms with Gasteiger partial charge in [-0.2, -0.15) is 13.2 Å². The normalized spacial score (nSPS) is 20.4. The molecule has 28 heavy (non-hydrogen) atoms. The van der Waals surface area contributed by atoms with E-state index in [9.17, 15) is 22.8 Å². The van der Waals surface area contributed by atoms with Gasteiger partial charge in [-0.1, -0.05) is 18.2 Å². The molecule has 0 saturated carbocycles. The number of nitrogens with zero attached hydrogens (tertiary/aromatic N) is 2. The molecule has 7 heteroatoms. The number of amides is 1. The largest absolute Gasteiger partial charge is 0.418 e. The number of aromatic nitrogens is 1. The number of benzene rings is 1. The highest BCUT2D eigenvalue weighted by Crippen LogP contribution is 2.46. The number of carbonyl (C=O) groups is 2. The van der Waals surface area contributed by atoms with Gasteiger partial charge in [0.25, 0.3) is 0 Å². The molecule has 144 valence electrons. The quantitative estimate of drug-likeness (QED) is 0.756. The second-order valence-corrected chi connectivity index (χ2v) is 6.92. The van der Waals surface area contributed by atoms with Crippen LogP contribution >= 0.6 is 0 Å². The molecule has 1 aromatic heterocycles. The summed E-state index contributed by atoms with van der Waals surface area (Å²) in [6.07, 6.45) is -0.246. The van der Waals surface area contributed by atoms with Crippen molar-refractivity contribution < 1.29 is 22.8 Å². The smallest absolute Gasteiger partial charge is 0.294 e. The Balaban J connectivity index is 1.90. The van der Waals surface area contributed by atoms with Gasteiger partial charge in [0.2, 0.25) is 5.91 Å². The summed E-state index contributed by atoms with van der Waals surface area (Å²) in [6.45, 7) is 0. The highest BCUT2D eigenvalue weighted by Gasteiger charge is 2.43. The van der Waals surface area contributed by atoms with Gasteiger partial charge in [-0.15, -0.1) is 0 Å². The predicted molar refractivity (Wildman–Crippen MR) is 96.4 cm³/mol. The maximum Gasteiger partial charge on any atom is 0.418 e. The molecule has 0 unspecified atom stereocenters. The molecule has 1 amide bonds. The number of carbonyl (C=O) groups excluding carboxylic acids is 2. The zero-order chi connectivity index (χ0) is 19.9. The van der Waals surface area contributed by atoms with E-state index in [4.69, 9.17) is 0 Å². The van der Waals surface area contributed by atoms with Crippen molar-refractivity contribution in [2.24, 2.45) is 0 Å². The molecule has 0 bridgehead atoms. The minimum absolute atomic E-state index is 0.0670. The summed E-state index contributed by atoms with van der Waals surface area (Å²) in [7, 11) is 0. The monoisotopic (exact) mass is 386 g/mol. The van der Waals surface area contributed by atoms with Crippen LogP contribution in [0.5, 0.6) is 0 Å². The number of alkyl halides is 3. The molecular weight excluding hydrogens is 369 g/mol. The number of ketones is 1. The van der Waals surface area contributed by atoms with Gasteiger partial charge in [-0.05, 0) is 36.6 Å². The van der Waals surface area contributed by atoms with Crippen LogP contribution in [0.25, 0.3) is 0 Å². The van der Waals surface area contributed by atoms with E-state index in [0.29, 0.717) is 30.5 Å². The van der Waals surface area contributed by atoms with Crippen LogP contribution in [0, 0.1) is 0 Å². The first-order valence-corrected chi connectivity index (χ1v) is 9.03. The number of hydrogen-bond donors (Lipinski definition) is 0. The number of hydrogen-bond acceptors (Lipinski definition) is 3. The molecule has 4 nitrogen and oxygen atoms in total. The fourth-order valence-electron chi connectivity index (χ4n) is 4.05. The molecule has 0 spiro atoms. The fraction of sp³-hybridized carbons (Fsp3) is 0.286. The molecule has 0 N–H and O–H groups in total. The lowest BCUT2D eigenvalue weighted by molar-refractivity contribution is -0.137. The molecule has 1 aliphatic heterocycles. The Morgan fingerprint density at radius 3 is 2.54 bits per heavy atom. The Hall–Kier alpha value is -2.96. The Kier molecular flexibility index (Phi) is 4.53. The number of para-hydroxylation sites is 1. The summed E-state index contributed by atoms with van der Waals surface area (Å²) >= 11 is 0. The molecule has 1 aromatic carbocycles. The Morgan fingerprint density at radius 1 is 1.04 bits per heavy atom. The van der Waals surface area contributed by atoms with Crippen molar-refractivity contribution in [1.82, 2.24) is 4.98 Å². The lowest BCUT2D eigenvalue weighted by Crippen LogP contribution is -2.41. The van der Waals surface area contributed by atoms with Crippen LogP contribution in [0.3, 0.4) is 0 Å². The third-order valence-electron chi connectivity index (χ3n) is 5.21. The van der Waals surface area contributed by atoms with Gasteiger partial charge in [-0.3, -0.25) is 19.5 Å². The summed E-state index contributed by atoms with van der Waals surface area (Å²) in [5.74, 6) is -1.03. The molecule has 1 atom stereocenters. The van der Waals surface area contributed by atoms with Crippen molar-refractivity contribution in [3.63, 3.8) is 0 Å². The highest BCUT2D eigenvalue weighted by atomic mass is 19.4. The van der Waals surface area contributed by atoms with E-state index < -0.39 is 23.6 Å². The lowest BCUT2D eigenvalue weighted by atomic mass is 9.77. The van der Waals surface area contributed by atoms with Crippen LogP contribution in [0.2, 0.25) is 0 Å². The molecule has 0 fully saturated rings. The van der Waals surface area contributed by atoms with Gasteiger partial charge in [0.15, 0.2) is 5.78 Å². The van der Waals surface area contributed by atoms with E-state index in [1.807, 2.05) is 0 Å². The van der Waals surface area contributed by atoms with Crippen molar-refractivity contribution in [2.45, 2.75) is 37.8 Å². The van der Waals surface area contributed by atoms with Gasteiger partial charge < -0.3 is 0 Å². The van der Waals surface area contributed by atoms with Gasteiger partial charge in [-0.25, -0.2) is 0 Å². The zero-order valence-corrected chi connectivity index (χ0v) is 14.9. The van der Waals surface area contributed by atoms with Crippen LogP contribution in [-0.4, -0.2) is 16.7 Å². The van der Waals surface area contributed by atoms with Crippen LogP contribution in [-0.2, 0) is 15.8 Å². The van der Waals surface area contributed by atoms with E-state index >= 15 is 0 Å². The SMILES string of the molecule is O=C1CCCC2=C1[C@@H](c1cccnc1)CC(=O)N2c1ccccc1C(F)(F)F. The predicted octanol–water partition coefficient (Wildman–Crippen LogP) is 4.63. The second kappa shape index (κ2) is 6.89. The molecule has 1 aliphatic carbocycles. The first-order chi connectivity index (χ1) is 13.4. The van der Waals surface area contributed by atoms with Gasteiger partial charge in [0, 0.05) is 42.4 Å². The average molecular weight is 386 g/mol. The van der Waals surface area contributed by atoms with Crippen molar-refractivity contribution in [3.8, 4) is 0 Å². The minimum Gasteiger partial charge on any atom is -0.294 e. The van der Waals surface area contributed by atoms with Crippen LogP contribution in [0.4, 0.5) is 18.9 Å². The van der Waals surface area contributed by atoms with E-state index in [1.165, 1.54) is 18.2 Å².